The fraction of sp³-hybridized carbons (Fsp3) is 0.143. The minimum Gasteiger partial charge on any atom is -0.481 e. The summed E-state index contributed by atoms with van der Waals surface area (Å²) < 4.78 is 0. The lowest BCUT2D eigenvalue weighted by Gasteiger charge is -2.10. The van der Waals surface area contributed by atoms with Crippen molar-refractivity contribution >= 4 is 29.2 Å². The summed E-state index contributed by atoms with van der Waals surface area (Å²) in [6.07, 6.45) is -0.0957. The van der Waals surface area contributed by atoms with E-state index in [9.17, 15) is 4.79 Å². The van der Waals surface area contributed by atoms with Gasteiger partial charge in [-0.2, -0.15) is 0 Å². The Balaban J connectivity index is 2.59. The summed E-state index contributed by atoms with van der Waals surface area (Å²) in [5.74, 6) is -0.906. The predicted octanol–water partition coefficient (Wildman–Crippen LogP) is 3.99. The number of nitrogens with zero attached hydrogens (tertiary/aromatic N) is 1. The number of aromatic nitrogens is 1. The van der Waals surface area contributed by atoms with E-state index in [1.54, 1.807) is 30.3 Å². The number of rotatable bonds is 3. The predicted molar refractivity (Wildman–Crippen MR) is 75.8 cm³/mol. The van der Waals surface area contributed by atoms with Crippen LogP contribution in [0.4, 0.5) is 0 Å². The van der Waals surface area contributed by atoms with E-state index in [0.717, 1.165) is 5.69 Å². The number of carbonyl (C=O) groups is 1. The van der Waals surface area contributed by atoms with Crippen LogP contribution < -0.4 is 0 Å². The Labute approximate surface area is 120 Å². The maximum Gasteiger partial charge on any atom is 0.307 e. The van der Waals surface area contributed by atoms with Gasteiger partial charge in [0.15, 0.2) is 0 Å². The summed E-state index contributed by atoms with van der Waals surface area (Å²) in [4.78, 5) is 15.3. The zero-order valence-electron chi connectivity index (χ0n) is 10.2. The van der Waals surface area contributed by atoms with E-state index in [1.165, 1.54) is 0 Å². The van der Waals surface area contributed by atoms with Crippen LogP contribution in [0.25, 0.3) is 11.3 Å². The van der Waals surface area contributed by atoms with Crippen molar-refractivity contribution in [1.29, 1.82) is 0 Å². The average molecular weight is 296 g/mol. The molecular formula is C14H11Cl2NO2. The zero-order chi connectivity index (χ0) is 14.0. The second-order valence-corrected chi connectivity index (χ2v) is 5.00. The monoisotopic (exact) mass is 295 g/mol. The van der Waals surface area contributed by atoms with Crippen LogP contribution >= 0.6 is 23.2 Å². The molecule has 0 unspecified atom stereocenters. The van der Waals surface area contributed by atoms with Gasteiger partial charge >= 0.3 is 5.97 Å². The minimum atomic E-state index is -0.906. The van der Waals surface area contributed by atoms with Crippen molar-refractivity contribution in [2.24, 2.45) is 0 Å². The Morgan fingerprint density at radius 3 is 2.63 bits per heavy atom. The van der Waals surface area contributed by atoms with Gasteiger partial charge in [0.05, 0.1) is 17.1 Å². The van der Waals surface area contributed by atoms with Gasteiger partial charge in [-0.15, -0.1) is 0 Å². The highest BCUT2D eigenvalue weighted by molar-refractivity contribution is 6.36. The first-order chi connectivity index (χ1) is 8.97. The third-order valence-corrected chi connectivity index (χ3v) is 3.19. The van der Waals surface area contributed by atoms with Gasteiger partial charge in [0.2, 0.25) is 0 Å². The quantitative estimate of drug-likeness (QED) is 0.931. The van der Waals surface area contributed by atoms with Crippen LogP contribution in [0.15, 0.2) is 30.3 Å². The maximum absolute atomic E-state index is 10.9. The second-order valence-electron chi connectivity index (χ2n) is 4.16. The van der Waals surface area contributed by atoms with Gasteiger partial charge < -0.3 is 5.11 Å². The summed E-state index contributed by atoms with van der Waals surface area (Å²) in [6, 6.07) is 8.62. The van der Waals surface area contributed by atoms with Crippen LogP contribution in [0.2, 0.25) is 10.0 Å². The minimum absolute atomic E-state index is 0.0957. The van der Waals surface area contributed by atoms with Gasteiger partial charge in [-0.1, -0.05) is 29.3 Å². The molecule has 2 rings (SSSR count). The third kappa shape index (κ3) is 3.25. The largest absolute Gasteiger partial charge is 0.481 e. The number of aryl methyl sites for hydroxylation is 1. The molecule has 0 atom stereocenters. The molecule has 0 bridgehead atoms. The molecule has 5 heteroatoms. The van der Waals surface area contributed by atoms with E-state index < -0.39 is 5.97 Å². The smallest absolute Gasteiger partial charge is 0.307 e. The first-order valence-electron chi connectivity index (χ1n) is 5.61. The Morgan fingerprint density at radius 1 is 1.26 bits per heavy atom. The number of carboxylic acids is 1. The molecule has 0 saturated carbocycles. The lowest BCUT2D eigenvalue weighted by Crippen LogP contribution is -2.04. The van der Waals surface area contributed by atoms with Gasteiger partial charge in [-0.3, -0.25) is 9.78 Å². The molecule has 0 amide bonds. The molecule has 0 aliphatic heterocycles. The summed E-state index contributed by atoms with van der Waals surface area (Å²) in [6.45, 7) is 1.85. The lowest BCUT2D eigenvalue weighted by atomic mass is 10.0. The molecule has 1 aromatic heterocycles. The molecule has 19 heavy (non-hydrogen) atoms. The van der Waals surface area contributed by atoms with Crippen LogP contribution in [0, 0.1) is 6.92 Å². The number of hydrogen-bond acceptors (Lipinski definition) is 2. The second kappa shape index (κ2) is 5.59. The molecule has 3 nitrogen and oxygen atoms in total. The van der Waals surface area contributed by atoms with E-state index in [2.05, 4.69) is 4.98 Å². The molecule has 0 saturated heterocycles. The van der Waals surface area contributed by atoms with Gasteiger partial charge in [0, 0.05) is 16.3 Å². The average Bonchev–Trinajstić information content (AvgIpc) is 2.31. The molecule has 1 N–H and O–H groups in total. The van der Waals surface area contributed by atoms with Crippen LogP contribution in [-0.4, -0.2) is 16.1 Å². The summed E-state index contributed by atoms with van der Waals surface area (Å²) >= 11 is 12.0. The van der Waals surface area contributed by atoms with E-state index in [1.807, 2.05) is 6.92 Å². The Bertz CT molecular complexity index is 641. The van der Waals surface area contributed by atoms with E-state index >= 15 is 0 Å². The fourth-order valence-electron chi connectivity index (χ4n) is 1.81. The number of aliphatic carboxylic acids is 1. The number of benzene rings is 1. The Hall–Kier alpha value is -1.58. The summed E-state index contributed by atoms with van der Waals surface area (Å²) in [7, 11) is 0. The van der Waals surface area contributed by atoms with Gasteiger partial charge in [0.1, 0.15) is 0 Å². The van der Waals surface area contributed by atoms with Crippen LogP contribution in [0.5, 0.6) is 0 Å². The van der Waals surface area contributed by atoms with Gasteiger partial charge in [-0.25, -0.2) is 0 Å². The molecule has 0 fully saturated rings. The summed E-state index contributed by atoms with van der Waals surface area (Å²) in [5, 5.41) is 9.92. The van der Waals surface area contributed by atoms with E-state index in [0.29, 0.717) is 26.9 Å². The van der Waals surface area contributed by atoms with Crippen LogP contribution in [-0.2, 0) is 11.2 Å². The molecule has 1 aromatic carbocycles. The van der Waals surface area contributed by atoms with Crippen molar-refractivity contribution in [3.8, 4) is 11.3 Å². The number of pyridine rings is 1. The molecule has 0 aliphatic carbocycles. The van der Waals surface area contributed by atoms with Crippen molar-refractivity contribution in [3.63, 3.8) is 0 Å². The van der Waals surface area contributed by atoms with Gasteiger partial charge in [-0.05, 0) is 36.8 Å². The number of hydrogen-bond donors (Lipinski definition) is 1. The molecule has 98 valence electrons. The highest BCUT2D eigenvalue weighted by Gasteiger charge is 2.13. The topological polar surface area (TPSA) is 50.2 Å². The highest BCUT2D eigenvalue weighted by Crippen LogP contribution is 2.31. The Morgan fingerprint density at radius 2 is 2.00 bits per heavy atom. The lowest BCUT2D eigenvalue weighted by molar-refractivity contribution is -0.136. The van der Waals surface area contributed by atoms with Crippen molar-refractivity contribution in [1.82, 2.24) is 4.98 Å². The maximum atomic E-state index is 10.9. The first-order valence-corrected chi connectivity index (χ1v) is 6.36. The normalized spacial score (nSPS) is 10.5. The van der Waals surface area contributed by atoms with Crippen LogP contribution in [0.1, 0.15) is 11.3 Å². The molecule has 0 aliphatic rings. The SMILES string of the molecule is Cc1ccc(CC(=O)O)c(-c2ccc(Cl)cc2Cl)n1. The van der Waals surface area contributed by atoms with Crippen molar-refractivity contribution in [3.05, 3.63) is 51.6 Å². The molecule has 0 spiro atoms. The van der Waals surface area contributed by atoms with E-state index in [4.69, 9.17) is 28.3 Å². The van der Waals surface area contributed by atoms with Crippen molar-refractivity contribution in [2.45, 2.75) is 13.3 Å². The molecule has 2 aromatic rings. The third-order valence-electron chi connectivity index (χ3n) is 2.65. The summed E-state index contributed by atoms with van der Waals surface area (Å²) in [5.41, 5.74) is 2.70. The van der Waals surface area contributed by atoms with Crippen LogP contribution in [0.3, 0.4) is 0 Å². The van der Waals surface area contributed by atoms with Crippen molar-refractivity contribution < 1.29 is 9.90 Å². The molecule has 0 radical (unpaired) electrons. The number of halogens is 2. The molecular weight excluding hydrogens is 285 g/mol. The highest BCUT2D eigenvalue weighted by atomic mass is 35.5. The zero-order valence-corrected chi connectivity index (χ0v) is 11.7. The van der Waals surface area contributed by atoms with Crippen molar-refractivity contribution in [2.75, 3.05) is 0 Å². The van der Waals surface area contributed by atoms with Gasteiger partial charge in [0.25, 0.3) is 0 Å². The number of carboxylic acid groups (broad SMARTS) is 1. The fourth-order valence-corrected chi connectivity index (χ4v) is 2.30. The first kappa shape index (κ1) is 13.8. The molecule has 1 heterocycles. The Kier molecular flexibility index (Phi) is 4.08. The van der Waals surface area contributed by atoms with E-state index in [-0.39, 0.29) is 6.42 Å². The standard InChI is InChI=1S/C14H11Cl2NO2/c1-8-2-3-9(6-13(18)19)14(17-8)11-5-4-10(15)7-12(11)16/h2-5,7H,6H2,1H3,(H,18,19).